The number of halogens is 1. The quantitative estimate of drug-likeness (QED) is 0.171. The Kier molecular flexibility index (Phi) is 6.58. The molecule has 1 aliphatic rings. The highest BCUT2D eigenvalue weighted by Crippen LogP contribution is 2.38. The van der Waals surface area contributed by atoms with E-state index in [0.717, 1.165) is 16.5 Å². The lowest BCUT2D eigenvalue weighted by atomic mass is 9.86. The smallest absolute Gasteiger partial charge is 0.337 e. The first-order chi connectivity index (χ1) is 17.9. The molecule has 5 rings (SSSR count). The molecule has 1 saturated heterocycles. The molecule has 1 aliphatic heterocycles. The highest BCUT2D eigenvalue weighted by molar-refractivity contribution is 6.44. The number of hydrogen-bond acceptors (Lipinski definition) is 6. The van der Waals surface area contributed by atoms with Crippen LogP contribution in [-0.4, -0.2) is 52.0 Å². The van der Waals surface area contributed by atoms with Crippen LogP contribution in [0.25, 0.3) is 10.9 Å². The number of pyridine rings is 1. The molecule has 2 atom stereocenters. The maximum atomic E-state index is 13.5. The summed E-state index contributed by atoms with van der Waals surface area (Å²) in [6.45, 7) is 0.209. The Bertz CT molecular complexity index is 1510. The van der Waals surface area contributed by atoms with E-state index in [2.05, 4.69) is 9.97 Å². The Balaban J connectivity index is 1.51. The van der Waals surface area contributed by atoms with Crippen LogP contribution in [0.2, 0.25) is 5.02 Å². The number of nitrogens with zero attached hydrogens (tertiary/aromatic N) is 2. The lowest BCUT2D eigenvalue weighted by Crippen LogP contribution is -2.32. The van der Waals surface area contributed by atoms with Crippen LogP contribution in [0.4, 0.5) is 0 Å². The molecule has 3 heterocycles. The fourth-order valence-electron chi connectivity index (χ4n) is 4.83. The van der Waals surface area contributed by atoms with Gasteiger partial charge in [0.2, 0.25) is 5.78 Å². The van der Waals surface area contributed by atoms with Gasteiger partial charge >= 0.3 is 5.97 Å². The molecule has 0 spiro atoms. The van der Waals surface area contributed by atoms with Gasteiger partial charge in [-0.1, -0.05) is 29.8 Å². The number of nitrogens with one attached hydrogen (secondary N) is 1. The molecule has 186 valence electrons. The van der Waals surface area contributed by atoms with Crippen LogP contribution in [0.1, 0.15) is 37.9 Å². The van der Waals surface area contributed by atoms with Crippen molar-refractivity contribution in [3.63, 3.8) is 0 Å². The largest absolute Gasteiger partial charge is 0.465 e. The van der Waals surface area contributed by atoms with Crippen molar-refractivity contribution >= 4 is 45.9 Å². The number of carbonyl (C=O) groups excluding carboxylic acids is 4. The van der Waals surface area contributed by atoms with Crippen molar-refractivity contribution in [1.29, 1.82) is 0 Å². The van der Waals surface area contributed by atoms with Crippen molar-refractivity contribution in [2.75, 3.05) is 13.7 Å². The van der Waals surface area contributed by atoms with Crippen molar-refractivity contribution in [1.82, 2.24) is 14.9 Å². The number of aromatic nitrogens is 2. The van der Waals surface area contributed by atoms with Crippen molar-refractivity contribution in [2.24, 2.45) is 5.92 Å². The van der Waals surface area contributed by atoms with E-state index in [1.165, 1.54) is 24.4 Å². The number of amides is 1. The Hall–Kier alpha value is -4.30. The second-order valence-electron chi connectivity index (χ2n) is 8.76. The summed E-state index contributed by atoms with van der Waals surface area (Å²) in [5, 5.41) is 1.57. The minimum atomic E-state index is -1.23. The zero-order chi connectivity index (χ0) is 26.1. The molecule has 1 N–H and O–H groups in total. The normalized spacial score (nSPS) is 17.4. The summed E-state index contributed by atoms with van der Waals surface area (Å²) in [7, 11) is 1.29. The second kappa shape index (κ2) is 9.99. The minimum Gasteiger partial charge on any atom is -0.465 e. The molecule has 37 heavy (non-hydrogen) atoms. The van der Waals surface area contributed by atoms with Gasteiger partial charge < -0.3 is 14.6 Å². The number of benzene rings is 2. The van der Waals surface area contributed by atoms with Gasteiger partial charge in [-0.25, -0.2) is 4.79 Å². The zero-order valence-corrected chi connectivity index (χ0v) is 20.6. The van der Waals surface area contributed by atoms with E-state index in [0.29, 0.717) is 22.6 Å². The molecule has 2 unspecified atom stereocenters. The number of carbonyl (C=O) groups is 4. The summed E-state index contributed by atoms with van der Waals surface area (Å²) in [6, 6.07) is 14.3. The fourth-order valence-corrected chi connectivity index (χ4v) is 5.00. The second-order valence-corrected chi connectivity index (χ2v) is 9.20. The average Bonchev–Trinajstić information content (AvgIpc) is 3.44. The predicted molar refractivity (Wildman–Crippen MR) is 136 cm³/mol. The van der Waals surface area contributed by atoms with Gasteiger partial charge in [0.15, 0.2) is 5.78 Å². The number of hydrogen-bond donors (Lipinski definition) is 1. The van der Waals surface area contributed by atoms with Crippen LogP contribution in [0.5, 0.6) is 0 Å². The Morgan fingerprint density at radius 3 is 2.57 bits per heavy atom. The van der Waals surface area contributed by atoms with Gasteiger partial charge in [-0.2, -0.15) is 0 Å². The number of methoxy groups -OCH3 is 1. The maximum Gasteiger partial charge on any atom is 0.337 e. The third-order valence-corrected chi connectivity index (χ3v) is 6.89. The number of ketones is 2. The lowest BCUT2D eigenvalue weighted by molar-refractivity contribution is -0.140. The summed E-state index contributed by atoms with van der Waals surface area (Å²) < 4.78 is 4.77. The van der Waals surface area contributed by atoms with Gasteiger partial charge in [0.25, 0.3) is 5.91 Å². The molecule has 0 bridgehead atoms. The van der Waals surface area contributed by atoms with Gasteiger partial charge in [0.05, 0.1) is 18.7 Å². The van der Waals surface area contributed by atoms with Crippen molar-refractivity contribution in [3.8, 4) is 0 Å². The van der Waals surface area contributed by atoms with Gasteiger partial charge in [0, 0.05) is 46.6 Å². The molecule has 1 fully saturated rings. The van der Waals surface area contributed by atoms with Crippen LogP contribution in [0, 0.1) is 5.92 Å². The molecule has 2 aromatic heterocycles. The number of H-pyrrole nitrogens is 1. The topological polar surface area (TPSA) is 109 Å². The number of likely N-dealkylation sites (tertiary alicyclic amines) is 1. The van der Waals surface area contributed by atoms with Crippen LogP contribution >= 0.6 is 11.6 Å². The summed E-state index contributed by atoms with van der Waals surface area (Å²) in [6.07, 6.45) is 5.21. The number of Topliss-reactive ketones (excluding diaryl/α,β-unsaturated/α-hetero) is 2. The van der Waals surface area contributed by atoms with E-state index < -0.39 is 35.4 Å². The fraction of sp³-hybridized carbons (Fsp3) is 0.179. The van der Waals surface area contributed by atoms with Gasteiger partial charge in [0.1, 0.15) is 5.92 Å². The number of aromatic amines is 1. The zero-order valence-electron chi connectivity index (χ0n) is 19.8. The Morgan fingerprint density at radius 2 is 1.86 bits per heavy atom. The summed E-state index contributed by atoms with van der Waals surface area (Å²) >= 11 is 6.09. The molecule has 2 aromatic carbocycles. The number of fused-ring (bicyclic) bond motifs is 1. The maximum absolute atomic E-state index is 13.5. The first kappa shape index (κ1) is 24.4. The molecule has 8 nitrogen and oxygen atoms in total. The van der Waals surface area contributed by atoms with Crippen molar-refractivity contribution in [2.45, 2.75) is 12.5 Å². The predicted octanol–water partition coefficient (Wildman–Crippen LogP) is 4.20. The molecule has 0 radical (unpaired) electrons. The van der Waals surface area contributed by atoms with E-state index in [-0.39, 0.29) is 12.1 Å². The van der Waals surface area contributed by atoms with E-state index >= 15 is 0 Å². The van der Waals surface area contributed by atoms with Crippen LogP contribution < -0.4 is 0 Å². The average molecular weight is 516 g/mol. The first-order valence-corrected chi connectivity index (χ1v) is 12.0. The standard InChI is InChI=1S/C28H22ClN3O5/c1-37-28(36)17-6-4-16(5-7-17)24-23(25(33)19-3-2-11-30-14-19)26(34)27(35)32(24)12-10-18-15-31-22-13-20(29)8-9-21(18)22/h2-9,11,13-15,23-24,31H,10,12H2,1H3. The highest BCUT2D eigenvalue weighted by atomic mass is 35.5. The van der Waals surface area contributed by atoms with Gasteiger partial charge in [-0.3, -0.25) is 19.4 Å². The SMILES string of the molecule is COC(=O)c1ccc(C2C(C(=O)c3cccnc3)C(=O)C(=O)N2CCc2c[nH]c3cc(Cl)ccc23)cc1. The molecular weight excluding hydrogens is 494 g/mol. The third-order valence-electron chi connectivity index (χ3n) is 6.66. The molecule has 9 heteroatoms. The van der Waals surface area contributed by atoms with Gasteiger partial charge in [-0.15, -0.1) is 0 Å². The van der Waals surface area contributed by atoms with Crippen molar-refractivity contribution in [3.05, 3.63) is 100 Å². The highest BCUT2D eigenvalue weighted by Gasteiger charge is 2.51. The van der Waals surface area contributed by atoms with Crippen LogP contribution in [0.3, 0.4) is 0 Å². The molecule has 4 aromatic rings. The Morgan fingerprint density at radius 1 is 1.08 bits per heavy atom. The molecular formula is C28H22ClN3O5. The molecule has 0 saturated carbocycles. The van der Waals surface area contributed by atoms with E-state index in [9.17, 15) is 19.2 Å². The summed E-state index contributed by atoms with van der Waals surface area (Å²) in [4.78, 5) is 60.5. The summed E-state index contributed by atoms with van der Waals surface area (Å²) in [5.74, 6) is -3.70. The number of rotatable bonds is 7. The van der Waals surface area contributed by atoms with E-state index in [1.807, 2.05) is 18.3 Å². The van der Waals surface area contributed by atoms with Gasteiger partial charge in [-0.05, 0) is 53.9 Å². The first-order valence-electron chi connectivity index (χ1n) is 11.6. The molecule has 1 amide bonds. The van der Waals surface area contributed by atoms with Crippen molar-refractivity contribution < 1.29 is 23.9 Å². The summed E-state index contributed by atoms with van der Waals surface area (Å²) in [5.41, 5.74) is 2.96. The van der Waals surface area contributed by atoms with E-state index in [1.54, 1.807) is 42.5 Å². The van der Waals surface area contributed by atoms with E-state index in [4.69, 9.17) is 16.3 Å². The Labute approximate surface area is 217 Å². The molecule has 0 aliphatic carbocycles. The lowest BCUT2D eigenvalue weighted by Gasteiger charge is -2.27. The monoisotopic (exact) mass is 515 g/mol. The minimum absolute atomic E-state index is 0.209. The van der Waals surface area contributed by atoms with Crippen LogP contribution in [-0.2, 0) is 20.7 Å². The third kappa shape index (κ3) is 4.51. The number of esters is 1. The number of ether oxygens (including phenoxy) is 1. The van der Waals surface area contributed by atoms with Crippen LogP contribution in [0.15, 0.2) is 73.2 Å².